The number of carbonyl (C=O) groups excluding carboxylic acids is 1. The summed E-state index contributed by atoms with van der Waals surface area (Å²) >= 11 is 0. The first-order valence-electron chi connectivity index (χ1n) is 14.0. The Morgan fingerprint density at radius 3 is 1.45 bits per heavy atom. The Labute approximate surface area is 242 Å². The van der Waals surface area contributed by atoms with Crippen molar-refractivity contribution < 1.29 is 32.8 Å². The van der Waals surface area contributed by atoms with E-state index in [1.54, 1.807) is 77.0 Å². The Balaban J connectivity index is 0.000000459. The van der Waals surface area contributed by atoms with Crippen LogP contribution in [0.3, 0.4) is 0 Å². The fourth-order valence-electron chi connectivity index (χ4n) is 4.28. The number of methoxy groups -OCH3 is 4. The fraction of sp³-hybridized carbons (Fsp3) is 0.594. The van der Waals surface area contributed by atoms with Crippen LogP contribution in [0.4, 0.5) is 0 Å². The van der Waals surface area contributed by atoms with Gasteiger partial charge in [-0.1, -0.05) is 48.0 Å². The molecule has 0 amide bonds. The summed E-state index contributed by atoms with van der Waals surface area (Å²) in [4.78, 5) is 12.2. The quantitative estimate of drug-likeness (QED) is 0.213. The van der Waals surface area contributed by atoms with E-state index in [1.807, 2.05) is 13.8 Å². The lowest BCUT2D eigenvalue weighted by molar-refractivity contribution is -0.134. The van der Waals surface area contributed by atoms with E-state index in [2.05, 4.69) is 27.7 Å². The molecule has 0 aliphatic rings. The molecular formula is C32H51O7P. The Morgan fingerprint density at radius 1 is 0.725 bits per heavy atom. The summed E-state index contributed by atoms with van der Waals surface area (Å²) in [5.41, 5.74) is 0.188. The second-order valence-electron chi connectivity index (χ2n) is 11.3. The van der Waals surface area contributed by atoms with Gasteiger partial charge < -0.3 is 23.5 Å². The molecular weight excluding hydrogens is 527 g/mol. The molecule has 0 heterocycles. The van der Waals surface area contributed by atoms with Crippen molar-refractivity contribution in [1.29, 1.82) is 0 Å². The van der Waals surface area contributed by atoms with Crippen LogP contribution in [-0.4, -0.2) is 47.6 Å². The molecule has 2 aromatic rings. The van der Waals surface area contributed by atoms with E-state index >= 15 is 0 Å². The molecule has 7 nitrogen and oxygen atoms in total. The van der Waals surface area contributed by atoms with Crippen LogP contribution >= 0.6 is 7.37 Å². The molecule has 226 valence electrons. The van der Waals surface area contributed by atoms with E-state index in [4.69, 9.17) is 23.5 Å². The van der Waals surface area contributed by atoms with Crippen LogP contribution in [0, 0.1) is 23.2 Å². The van der Waals surface area contributed by atoms with Gasteiger partial charge in [0.25, 0.3) is 0 Å². The van der Waals surface area contributed by atoms with Crippen molar-refractivity contribution in [1.82, 2.24) is 0 Å². The van der Waals surface area contributed by atoms with Crippen molar-refractivity contribution in [2.24, 2.45) is 23.2 Å². The molecule has 0 saturated heterocycles. The number of ether oxygens (including phenoxy) is 4. The highest BCUT2D eigenvalue weighted by atomic mass is 31.2. The maximum atomic E-state index is 13.7. The van der Waals surface area contributed by atoms with Gasteiger partial charge in [0, 0.05) is 26.1 Å². The normalized spacial score (nSPS) is 11.8. The molecule has 0 aliphatic carbocycles. The van der Waals surface area contributed by atoms with Crippen molar-refractivity contribution in [3.8, 4) is 11.5 Å². The molecule has 2 aromatic carbocycles. The van der Waals surface area contributed by atoms with Crippen LogP contribution in [0.1, 0.15) is 60.8 Å². The van der Waals surface area contributed by atoms with Crippen molar-refractivity contribution in [3.05, 3.63) is 48.5 Å². The minimum Gasteiger partial charge on any atom is -0.497 e. The van der Waals surface area contributed by atoms with Gasteiger partial charge in [-0.15, -0.1) is 0 Å². The second kappa shape index (κ2) is 17.5. The Kier molecular flexibility index (Phi) is 15.6. The monoisotopic (exact) mass is 578 g/mol. The lowest BCUT2D eigenvalue weighted by atomic mass is 9.74. The molecule has 0 aliphatic heterocycles. The molecule has 40 heavy (non-hydrogen) atoms. The number of hydrogen-bond acceptors (Lipinski definition) is 7. The van der Waals surface area contributed by atoms with E-state index in [-0.39, 0.29) is 17.8 Å². The standard InChI is InChI=1S/C19H23O5P.C13H28O2/c1-14(2)13-19(20)24-25(21,17-9-5-15(22-3)6-10-17)18-11-7-16(23-4)8-12-18;1-11(2)7-8-13(9-14-5,10-15-6)12(3)4/h5-12,14H,13H2,1-4H3;11-12H,7-10H2,1-6H3. The van der Waals surface area contributed by atoms with Gasteiger partial charge in [-0.3, -0.25) is 9.36 Å². The topological polar surface area (TPSA) is 80.3 Å². The summed E-state index contributed by atoms with van der Waals surface area (Å²) in [6, 6.07) is 13.4. The van der Waals surface area contributed by atoms with E-state index in [9.17, 15) is 9.36 Å². The lowest BCUT2D eigenvalue weighted by Crippen LogP contribution is -2.37. The number of hydrogen-bond donors (Lipinski definition) is 0. The Morgan fingerprint density at radius 2 is 1.15 bits per heavy atom. The van der Waals surface area contributed by atoms with Crippen LogP contribution in [0.15, 0.2) is 48.5 Å². The summed E-state index contributed by atoms with van der Waals surface area (Å²) in [7, 11) is 3.11. The number of carbonyl (C=O) groups is 1. The average Bonchev–Trinajstić information content (AvgIpc) is 2.91. The van der Waals surface area contributed by atoms with Gasteiger partial charge in [-0.05, 0) is 72.7 Å². The third-order valence-electron chi connectivity index (χ3n) is 6.94. The van der Waals surface area contributed by atoms with E-state index in [1.165, 1.54) is 12.8 Å². The highest BCUT2D eigenvalue weighted by molar-refractivity contribution is 7.74. The van der Waals surface area contributed by atoms with E-state index in [0.29, 0.717) is 28.0 Å². The largest absolute Gasteiger partial charge is 0.497 e. The number of rotatable bonds is 15. The molecule has 0 aromatic heterocycles. The highest BCUT2D eigenvalue weighted by Crippen LogP contribution is 2.46. The third kappa shape index (κ3) is 10.9. The molecule has 0 fully saturated rings. The number of benzene rings is 2. The zero-order chi connectivity index (χ0) is 30.3. The average molecular weight is 579 g/mol. The zero-order valence-electron chi connectivity index (χ0n) is 26.2. The van der Waals surface area contributed by atoms with E-state index < -0.39 is 13.3 Å². The fourth-order valence-corrected chi connectivity index (χ4v) is 6.24. The van der Waals surface area contributed by atoms with Crippen molar-refractivity contribution in [2.45, 2.75) is 60.8 Å². The van der Waals surface area contributed by atoms with Gasteiger partial charge in [0.2, 0.25) is 0 Å². The van der Waals surface area contributed by atoms with Crippen LogP contribution in [0.5, 0.6) is 11.5 Å². The predicted molar refractivity (Wildman–Crippen MR) is 164 cm³/mol. The molecule has 0 unspecified atom stereocenters. The Bertz CT molecular complexity index is 973. The molecule has 0 spiro atoms. The molecule has 0 bridgehead atoms. The molecule has 0 atom stereocenters. The van der Waals surface area contributed by atoms with Crippen LogP contribution < -0.4 is 20.1 Å². The zero-order valence-corrected chi connectivity index (χ0v) is 27.1. The van der Waals surface area contributed by atoms with Gasteiger partial charge in [0.05, 0.1) is 38.0 Å². The maximum Gasteiger partial charge on any atom is 0.311 e. The molecule has 2 rings (SSSR count). The van der Waals surface area contributed by atoms with Gasteiger partial charge in [-0.25, -0.2) is 0 Å². The summed E-state index contributed by atoms with van der Waals surface area (Å²) in [6.45, 7) is 14.5. The highest BCUT2D eigenvalue weighted by Gasteiger charge is 2.34. The summed E-state index contributed by atoms with van der Waals surface area (Å²) in [6.07, 6.45) is 2.63. The van der Waals surface area contributed by atoms with Gasteiger partial charge in [0.1, 0.15) is 11.5 Å². The van der Waals surface area contributed by atoms with Gasteiger partial charge in [-0.2, -0.15) is 0 Å². The van der Waals surface area contributed by atoms with Crippen LogP contribution in [0.25, 0.3) is 0 Å². The van der Waals surface area contributed by atoms with E-state index in [0.717, 1.165) is 19.1 Å². The molecule has 0 N–H and O–H groups in total. The lowest BCUT2D eigenvalue weighted by Gasteiger charge is -2.37. The minimum atomic E-state index is -3.56. The van der Waals surface area contributed by atoms with Gasteiger partial charge >= 0.3 is 13.3 Å². The van der Waals surface area contributed by atoms with Crippen LogP contribution in [0.2, 0.25) is 0 Å². The minimum absolute atomic E-state index is 0.118. The summed E-state index contributed by atoms with van der Waals surface area (Å²) in [5, 5.41) is 0.881. The van der Waals surface area contributed by atoms with Crippen molar-refractivity contribution in [2.75, 3.05) is 41.7 Å². The van der Waals surface area contributed by atoms with Crippen molar-refractivity contribution in [3.63, 3.8) is 0 Å². The first-order valence-corrected chi connectivity index (χ1v) is 15.6. The van der Waals surface area contributed by atoms with Crippen molar-refractivity contribution >= 4 is 23.9 Å². The first-order chi connectivity index (χ1) is 18.9. The molecule has 8 heteroatoms. The second-order valence-corrected chi connectivity index (χ2v) is 13.6. The summed E-state index contributed by atoms with van der Waals surface area (Å²) < 4.78 is 40.2. The predicted octanol–water partition coefficient (Wildman–Crippen LogP) is 6.88. The molecule has 0 radical (unpaired) electrons. The van der Waals surface area contributed by atoms with Gasteiger partial charge in [0.15, 0.2) is 0 Å². The Hall–Kier alpha value is -2.34. The maximum absolute atomic E-state index is 13.7. The molecule has 0 saturated carbocycles. The SMILES string of the molecule is COCC(CCC(C)C)(COC)C(C)C.COc1ccc(P(=O)(OC(=O)CC(C)C)c2ccc(OC)cc2)cc1. The third-order valence-corrected chi connectivity index (χ3v) is 9.35. The smallest absolute Gasteiger partial charge is 0.311 e. The summed E-state index contributed by atoms with van der Waals surface area (Å²) in [5.74, 6) is 2.25. The van der Waals surface area contributed by atoms with Crippen LogP contribution in [-0.2, 0) is 23.4 Å². The first kappa shape index (κ1) is 35.7.